The van der Waals surface area contributed by atoms with Gasteiger partial charge in [-0.3, -0.25) is 10.1 Å². The van der Waals surface area contributed by atoms with Gasteiger partial charge in [-0.2, -0.15) is 5.26 Å². The Morgan fingerprint density at radius 1 is 1.35 bits per heavy atom. The quantitative estimate of drug-likeness (QED) is 0.913. The van der Waals surface area contributed by atoms with Crippen LogP contribution in [0.2, 0.25) is 0 Å². The average molecular weight is 271 g/mol. The summed E-state index contributed by atoms with van der Waals surface area (Å²) in [5.74, 6) is 0.172. The number of rotatable bonds is 4. The van der Waals surface area contributed by atoms with Gasteiger partial charge in [-0.25, -0.2) is 0 Å². The van der Waals surface area contributed by atoms with Crippen LogP contribution in [0, 0.1) is 11.3 Å². The lowest BCUT2D eigenvalue weighted by atomic mass is 10.0. The molecule has 1 aromatic rings. The summed E-state index contributed by atoms with van der Waals surface area (Å²) in [4.78, 5) is 14.2. The van der Waals surface area contributed by atoms with Crippen LogP contribution in [0.4, 0.5) is 0 Å². The second kappa shape index (κ2) is 6.53. The van der Waals surface area contributed by atoms with E-state index in [1.54, 1.807) is 6.07 Å². The van der Waals surface area contributed by atoms with Gasteiger partial charge in [0.15, 0.2) is 0 Å². The minimum atomic E-state index is -0.200. The molecule has 0 aromatic heterocycles. The Balaban J connectivity index is 1.97. The molecule has 1 fully saturated rings. The lowest BCUT2D eigenvalue weighted by Crippen LogP contribution is -2.44. The Hall–Kier alpha value is -1.86. The molecule has 0 radical (unpaired) electrons. The summed E-state index contributed by atoms with van der Waals surface area (Å²) in [5, 5.41) is 12.2. The van der Waals surface area contributed by atoms with E-state index in [0.29, 0.717) is 5.56 Å². The molecule has 20 heavy (non-hydrogen) atoms. The SMILES string of the molecule is CC(NC(C)c1cccc(C#N)c1)C(=O)N1CCCC1. The van der Waals surface area contributed by atoms with Gasteiger partial charge in [-0.05, 0) is 44.4 Å². The van der Waals surface area contributed by atoms with E-state index in [-0.39, 0.29) is 18.0 Å². The van der Waals surface area contributed by atoms with Crippen LogP contribution in [0.1, 0.15) is 43.9 Å². The monoisotopic (exact) mass is 271 g/mol. The molecule has 0 bridgehead atoms. The number of nitriles is 1. The predicted octanol–water partition coefficient (Wildman–Crippen LogP) is 2.22. The van der Waals surface area contributed by atoms with Gasteiger partial charge < -0.3 is 4.90 Å². The molecular formula is C16H21N3O. The molecular weight excluding hydrogens is 250 g/mol. The van der Waals surface area contributed by atoms with Crippen molar-refractivity contribution in [3.05, 3.63) is 35.4 Å². The fourth-order valence-electron chi connectivity index (χ4n) is 2.63. The van der Waals surface area contributed by atoms with Crippen molar-refractivity contribution in [2.45, 2.75) is 38.8 Å². The van der Waals surface area contributed by atoms with Crippen molar-refractivity contribution in [1.29, 1.82) is 5.26 Å². The lowest BCUT2D eigenvalue weighted by Gasteiger charge is -2.24. The molecule has 1 N–H and O–H groups in total. The summed E-state index contributed by atoms with van der Waals surface area (Å²) < 4.78 is 0. The highest BCUT2D eigenvalue weighted by atomic mass is 16.2. The number of hydrogen-bond acceptors (Lipinski definition) is 3. The van der Waals surface area contributed by atoms with Crippen LogP contribution in [-0.2, 0) is 4.79 Å². The van der Waals surface area contributed by atoms with E-state index in [2.05, 4.69) is 11.4 Å². The first-order valence-electron chi connectivity index (χ1n) is 7.16. The largest absolute Gasteiger partial charge is 0.341 e. The Kier molecular flexibility index (Phi) is 4.75. The molecule has 4 nitrogen and oxygen atoms in total. The van der Waals surface area contributed by atoms with Crippen molar-refractivity contribution >= 4 is 5.91 Å². The summed E-state index contributed by atoms with van der Waals surface area (Å²) in [6.07, 6.45) is 2.22. The summed E-state index contributed by atoms with van der Waals surface area (Å²) in [5.41, 5.74) is 1.68. The van der Waals surface area contributed by atoms with Crippen LogP contribution in [0.5, 0.6) is 0 Å². The zero-order valence-corrected chi connectivity index (χ0v) is 12.1. The highest BCUT2D eigenvalue weighted by molar-refractivity contribution is 5.81. The number of nitrogens with one attached hydrogen (secondary N) is 1. The second-order valence-electron chi connectivity index (χ2n) is 5.38. The number of nitrogens with zero attached hydrogens (tertiary/aromatic N) is 2. The minimum absolute atomic E-state index is 0.0462. The maximum Gasteiger partial charge on any atom is 0.239 e. The summed E-state index contributed by atoms with van der Waals surface area (Å²) in [6, 6.07) is 9.49. The lowest BCUT2D eigenvalue weighted by molar-refractivity contribution is -0.132. The first-order chi connectivity index (χ1) is 9.61. The van der Waals surface area contributed by atoms with Gasteiger partial charge >= 0.3 is 0 Å². The number of hydrogen-bond donors (Lipinski definition) is 1. The molecule has 1 aliphatic rings. The van der Waals surface area contributed by atoms with Crippen molar-refractivity contribution in [1.82, 2.24) is 10.2 Å². The molecule has 1 aromatic carbocycles. The van der Waals surface area contributed by atoms with Gasteiger partial charge in [-0.15, -0.1) is 0 Å². The first-order valence-corrected chi connectivity index (χ1v) is 7.16. The Morgan fingerprint density at radius 2 is 2.05 bits per heavy atom. The minimum Gasteiger partial charge on any atom is -0.341 e. The summed E-state index contributed by atoms with van der Waals surface area (Å²) in [6.45, 7) is 5.68. The molecule has 1 aliphatic heterocycles. The van der Waals surface area contributed by atoms with Gasteiger partial charge in [0.1, 0.15) is 0 Å². The summed E-state index contributed by atoms with van der Waals surface area (Å²) in [7, 11) is 0. The van der Waals surface area contributed by atoms with Gasteiger partial charge in [0, 0.05) is 19.1 Å². The number of carbonyl (C=O) groups excluding carboxylic acids is 1. The van der Waals surface area contributed by atoms with E-state index >= 15 is 0 Å². The van der Waals surface area contributed by atoms with Crippen molar-refractivity contribution in [3.8, 4) is 6.07 Å². The van der Waals surface area contributed by atoms with Crippen LogP contribution in [-0.4, -0.2) is 29.9 Å². The molecule has 0 saturated carbocycles. The van der Waals surface area contributed by atoms with E-state index in [4.69, 9.17) is 5.26 Å². The second-order valence-corrected chi connectivity index (χ2v) is 5.38. The van der Waals surface area contributed by atoms with E-state index < -0.39 is 0 Å². The van der Waals surface area contributed by atoms with Gasteiger partial charge in [0.25, 0.3) is 0 Å². The highest BCUT2D eigenvalue weighted by Crippen LogP contribution is 2.16. The number of amides is 1. The highest BCUT2D eigenvalue weighted by Gasteiger charge is 2.24. The Morgan fingerprint density at radius 3 is 2.70 bits per heavy atom. The van der Waals surface area contributed by atoms with Crippen LogP contribution >= 0.6 is 0 Å². The third kappa shape index (κ3) is 3.37. The average Bonchev–Trinajstić information content (AvgIpc) is 3.00. The molecule has 2 unspecified atom stereocenters. The van der Waals surface area contributed by atoms with E-state index in [1.807, 2.05) is 36.9 Å². The van der Waals surface area contributed by atoms with Crippen molar-refractivity contribution < 1.29 is 4.79 Å². The third-order valence-electron chi connectivity index (χ3n) is 3.80. The Labute approximate surface area is 120 Å². The zero-order valence-electron chi connectivity index (χ0n) is 12.1. The molecule has 0 spiro atoms. The van der Waals surface area contributed by atoms with Gasteiger partial charge in [-0.1, -0.05) is 12.1 Å². The van der Waals surface area contributed by atoms with Crippen LogP contribution in [0.3, 0.4) is 0 Å². The Bertz CT molecular complexity index is 515. The molecule has 1 saturated heterocycles. The topological polar surface area (TPSA) is 56.1 Å². The van der Waals surface area contributed by atoms with Crippen LogP contribution < -0.4 is 5.32 Å². The van der Waals surface area contributed by atoms with E-state index in [1.165, 1.54) is 0 Å². The fourth-order valence-corrected chi connectivity index (χ4v) is 2.63. The molecule has 4 heteroatoms. The van der Waals surface area contributed by atoms with Crippen LogP contribution in [0.25, 0.3) is 0 Å². The normalized spacial score (nSPS) is 17.6. The van der Waals surface area contributed by atoms with Gasteiger partial charge in [0.05, 0.1) is 17.7 Å². The smallest absolute Gasteiger partial charge is 0.239 e. The number of likely N-dealkylation sites (tertiary alicyclic amines) is 1. The third-order valence-corrected chi connectivity index (χ3v) is 3.80. The first kappa shape index (κ1) is 14.5. The maximum absolute atomic E-state index is 12.2. The fraction of sp³-hybridized carbons (Fsp3) is 0.500. The molecule has 106 valence electrons. The molecule has 2 rings (SSSR count). The molecule has 1 amide bonds. The standard InChI is InChI=1S/C16H21N3O/c1-12(15-7-5-6-14(10-15)11-17)18-13(2)16(20)19-8-3-4-9-19/h5-7,10,12-13,18H,3-4,8-9H2,1-2H3. The van der Waals surface area contributed by atoms with Gasteiger partial charge in [0.2, 0.25) is 5.91 Å². The zero-order chi connectivity index (χ0) is 14.5. The molecule has 0 aliphatic carbocycles. The van der Waals surface area contributed by atoms with Crippen LogP contribution in [0.15, 0.2) is 24.3 Å². The number of carbonyl (C=O) groups is 1. The number of benzene rings is 1. The van der Waals surface area contributed by atoms with E-state index in [9.17, 15) is 4.79 Å². The molecule has 2 atom stereocenters. The van der Waals surface area contributed by atoms with Crippen molar-refractivity contribution in [2.75, 3.05) is 13.1 Å². The predicted molar refractivity (Wildman–Crippen MR) is 78.0 cm³/mol. The van der Waals surface area contributed by atoms with E-state index in [0.717, 1.165) is 31.5 Å². The van der Waals surface area contributed by atoms with Crippen molar-refractivity contribution in [2.24, 2.45) is 0 Å². The summed E-state index contributed by atoms with van der Waals surface area (Å²) >= 11 is 0. The van der Waals surface area contributed by atoms with Crippen molar-refractivity contribution in [3.63, 3.8) is 0 Å². The maximum atomic E-state index is 12.2. The molecule has 1 heterocycles.